The lowest BCUT2D eigenvalue weighted by molar-refractivity contribution is -0.143. The Labute approximate surface area is 111 Å². The molecule has 1 rings (SSSR count). The molecular weight excluding hydrogens is 282 g/mol. The second kappa shape index (κ2) is 6.17. The topological polar surface area (TPSA) is 40.5 Å². The van der Waals surface area contributed by atoms with E-state index in [2.05, 4.69) is 26.9 Å². The molecule has 0 amide bonds. The molecule has 1 aromatic carbocycles. The van der Waals surface area contributed by atoms with Gasteiger partial charge in [0.15, 0.2) is 0 Å². The molecule has 0 heterocycles. The van der Waals surface area contributed by atoms with Gasteiger partial charge in [-0.15, -0.1) is 0 Å². The van der Waals surface area contributed by atoms with Gasteiger partial charge in [-0.2, -0.15) is 0 Å². The van der Waals surface area contributed by atoms with Crippen LogP contribution < -0.4 is 0 Å². The summed E-state index contributed by atoms with van der Waals surface area (Å²) in [5, 5.41) is 8.98. The fourth-order valence-electron chi connectivity index (χ4n) is 1.66. The maximum Gasteiger partial charge on any atom is 0.307 e. The maximum absolute atomic E-state index is 10.9. The number of carboxylic acids is 1. The molecule has 0 bridgehead atoms. The van der Waals surface area contributed by atoms with E-state index in [4.69, 9.17) is 5.11 Å². The highest BCUT2D eigenvalue weighted by Crippen LogP contribution is 2.16. The summed E-state index contributed by atoms with van der Waals surface area (Å²) >= 11 is 3.43. The first-order valence-corrected chi connectivity index (χ1v) is 6.38. The molecule has 17 heavy (non-hydrogen) atoms. The van der Waals surface area contributed by atoms with Crippen LogP contribution in [0, 0.1) is 5.92 Å². The summed E-state index contributed by atoms with van der Waals surface area (Å²) in [7, 11) is 1.95. The number of nitrogens with zero attached hydrogens (tertiary/aromatic N) is 1. The van der Waals surface area contributed by atoms with E-state index in [1.807, 2.05) is 32.2 Å². The average Bonchev–Trinajstić information content (AvgIpc) is 2.26. The number of halogens is 1. The van der Waals surface area contributed by atoms with E-state index in [0.29, 0.717) is 0 Å². The highest BCUT2D eigenvalue weighted by atomic mass is 79.9. The van der Waals surface area contributed by atoms with E-state index in [-0.39, 0.29) is 12.0 Å². The van der Waals surface area contributed by atoms with Crippen molar-refractivity contribution in [1.82, 2.24) is 4.90 Å². The van der Waals surface area contributed by atoms with Gasteiger partial charge in [-0.1, -0.05) is 35.0 Å². The first kappa shape index (κ1) is 14.2. The molecule has 3 nitrogen and oxygen atoms in total. The highest BCUT2D eigenvalue weighted by Gasteiger charge is 2.22. The molecule has 0 radical (unpaired) electrons. The first-order valence-electron chi connectivity index (χ1n) is 5.59. The Kier molecular flexibility index (Phi) is 5.15. The minimum Gasteiger partial charge on any atom is -0.481 e. The number of carbonyl (C=O) groups is 1. The molecular formula is C13H18BrNO2. The maximum atomic E-state index is 10.9. The molecule has 2 unspecified atom stereocenters. The fraction of sp³-hybridized carbons (Fsp3) is 0.462. The monoisotopic (exact) mass is 299 g/mol. The number of hydrogen-bond donors (Lipinski definition) is 1. The van der Waals surface area contributed by atoms with E-state index in [1.165, 1.54) is 5.56 Å². The van der Waals surface area contributed by atoms with Crippen LogP contribution in [0.5, 0.6) is 0 Å². The van der Waals surface area contributed by atoms with Crippen molar-refractivity contribution in [3.63, 3.8) is 0 Å². The summed E-state index contributed by atoms with van der Waals surface area (Å²) in [5.41, 5.74) is 1.17. The molecule has 0 spiro atoms. The number of aliphatic carboxylic acids is 1. The molecule has 0 aliphatic rings. The lowest BCUT2D eigenvalue weighted by Crippen LogP contribution is -2.37. The molecule has 4 heteroatoms. The van der Waals surface area contributed by atoms with Crippen molar-refractivity contribution in [2.24, 2.45) is 5.92 Å². The third kappa shape index (κ3) is 4.13. The molecule has 0 saturated heterocycles. The molecule has 0 aromatic heterocycles. The van der Waals surface area contributed by atoms with Crippen LogP contribution >= 0.6 is 15.9 Å². The second-order valence-electron chi connectivity index (χ2n) is 4.41. The van der Waals surface area contributed by atoms with Crippen molar-refractivity contribution in [3.05, 3.63) is 34.3 Å². The smallest absolute Gasteiger partial charge is 0.307 e. The van der Waals surface area contributed by atoms with Crippen LogP contribution in [0.4, 0.5) is 0 Å². The van der Waals surface area contributed by atoms with Crippen LogP contribution in [-0.4, -0.2) is 29.1 Å². The van der Waals surface area contributed by atoms with Gasteiger partial charge in [0.2, 0.25) is 0 Å². The van der Waals surface area contributed by atoms with Crippen LogP contribution in [-0.2, 0) is 11.3 Å². The van der Waals surface area contributed by atoms with Crippen LogP contribution in [0.3, 0.4) is 0 Å². The van der Waals surface area contributed by atoms with E-state index in [0.717, 1.165) is 11.0 Å². The van der Waals surface area contributed by atoms with Gasteiger partial charge in [0, 0.05) is 17.1 Å². The van der Waals surface area contributed by atoms with Gasteiger partial charge >= 0.3 is 5.97 Å². The number of carboxylic acid groups (broad SMARTS) is 1. The Morgan fingerprint density at radius 1 is 1.47 bits per heavy atom. The minimum atomic E-state index is -0.751. The second-order valence-corrected chi connectivity index (χ2v) is 5.33. The Balaban J connectivity index is 2.66. The summed E-state index contributed by atoms with van der Waals surface area (Å²) in [5.74, 6) is -1.12. The lowest BCUT2D eigenvalue weighted by Gasteiger charge is -2.27. The van der Waals surface area contributed by atoms with Gasteiger partial charge in [0.05, 0.1) is 5.92 Å². The molecule has 0 saturated carbocycles. The summed E-state index contributed by atoms with van der Waals surface area (Å²) in [6, 6.07) is 8.06. The average molecular weight is 300 g/mol. The summed E-state index contributed by atoms with van der Waals surface area (Å²) in [6.07, 6.45) is 0. The number of hydrogen-bond acceptors (Lipinski definition) is 2. The predicted octanol–water partition coefficient (Wildman–Crippen LogP) is 2.99. The highest BCUT2D eigenvalue weighted by molar-refractivity contribution is 9.10. The molecule has 0 aliphatic carbocycles. The van der Waals surface area contributed by atoms with Crippen molar-refractivity contribution >= 4 is 21.9 Å². The van der Waals surface area contributed by atoms with Gasteiger partial charge in [0.25, 0.3) is 0 Å². The van der Waals surface area contributed by atoms with Crippen molar-refractivity contribution in [2.45, 2.75) is 26.4 Å². The van der Waals surface area contributed by atoms with E-state index >= 15 is 0 Å². The first-order chi connectivity index (χ1) is 7.91. The van der Waals surface area contributed by atoms with Gasteiger partial charge in [-0.25, -0.2) is 0 Å². The Morgan fingerprint density at radius 2 is 2.12 bits per heavy atom. The molecule has 94 valence electrons. The Bertz CT molecular complexity index is 395. The lowest BCUT2D eigenvalue weighted by atomic mass is 10.0. The number of benzene rings is 1. The van der Waals surface area contributed by atoms with Crippen molar-refractivity contribution in [1.29, 1.82) is 0 Å². The van der Waals surface area contributed by atoms with Crippen molar-refractivity contribution < 1.29 is 9.90 Å². The van der Waals surface area contributed by atoms with Gasteiger partial charge in [-0.3, -0.25) is 9.69 Å². The Hall–Kier alpha value is -0.870. The molecule has 2 atom stereocenters. The number of rotatable bonds is 5. The van der Waals surface area contributed by atoms with Gasteiger partial charge < -0.3 is 5.11 Å². The zero-order chi connectivity index (χ0) is 13.0. The van der Waals surface area contributed by atoms with E-state index in [1.54, 1.807) is 6.92 Å². The largest absolute Gasteiger partial charge is 0.481 e. The zero-order valence-corrected chi connectivity index (χ0v) is 11.9. The quantitative estimate of drug-likeness (QED) is 0.909. The van der Waals surface area contributed by atoms with Gasteiger partial charge in [-0.05, 0) is 31.7 Å². The third-order valence-corrected chi connectivity index (χ3v) is 3.62. The van der Waals surface area contributed by atoms with Crippen LogP contribution in [0.2, 0.25) is 0 Å². The zero-order valence-electron chi connectivity index (χ0n) is 10.4. The van der Waals surface area contributed by atoms with Crippen molar-refractivity contribution in [2.75, 3.05) is 7.05 Å². The molecule has 0 aliphatic heterocycles. The molecule has 1 aromatic rings. The van der Waals surface area contributed by atoms with E-state index < -0.39 is 5.97 Å². The Morgan fingerprint density at radius 3 is 2.65 bits per heavy atom. The van der Waals surface area contributed by atoms with Crippen LogP contribution in [0.25, 0.3) is 0 Å². The fourth-order valence-corrected chi connectivity index (χ4v) is 2.10. The normalized spacial score (nSPS) is 14.6. The van der Waals surface area contributed by atoms with Gasteiger partial charge in [0.1, 0.15) is 0 Å². The van der Waals surface area contributed by atoms with E-state index in [9.17, 15) is 4.79 Å². The standard InChI is InChI=1S/C13H18BrNO2/c1-9(13(16)17)10(2)15(3)8-11-5-4-6-12(14)7-11/h4-7,9-10H,8H2,1-3H3,(H,16,17). The van der Waals surface area contributed by atoms with Crippen LogP contribution in [0.1, 0.15) is 19.4 Å². The molecule has 1 N–H and O–H groups in total. The van der Waals surface area contributed by atoms with Crippen molar-refractivity contribution in [3.8, 4) is 0 Å². The third-order valence-electron chi connectivity index (χ3n) is 3.13. The predicted molar refractivity (Wildman–Crippen MR) is 71.9 cm³/mol. The van der Waals surface area contributed by atoms with Crippen LogP contribution in [0.15, 0.2) is 28.7 Å². The summed E-state index contributed by atoms with van der Waals surface area (Å²) in [4.78, 5) is 13.0. The minimum absolute atomic E-state index is 0.00600. The summed E-state index contributed by atoms with van der Waals surface area (Å²) < 4.78 is 1.04. The molecule has 0 fully saturated rings. The SMILES string of the molecule is CC(C(=O)O)C(C)N(C)Cc1cccc(Br)c1. The summed E-state index contributed by atoms with van der Waals surface area (Å²) in [6.45, 7) is 4.43.